The molecule has 0 aromatic carbocycles. The Labute approximate surface area is 363 Å². The highest BCUT2D eigenvalue weighted by Crippen LogP contribution is 2.61. The third-order valence-corrected chi connectivity index (χ3v) is 13.8. The number of anilines is 1. The van der Waals surface area contributed by atoms with E-state index in [0.29, 0.717) is 12.2 Å². The highest BCUT2D eigenvalue weighted by molar-refractivity contribution is 8.13. The molecular weight excluding hydrogens is 903 g/mol. The monoisotopic (exact) mass is 963 g/mol. The molecule has 1 fully saturated rings. The number of nitrogens with zero attached hydrogens (tertiary/aromatic N) is 4. The van der Waals surface area contributed by atoms with E-state index in [1.54, 1.807) is 0 Å². The summed E-state index contributed by atoms with van der Waals surface area (Å²) in [6.07, 6.45) is 2.67. The van der Waals surface area contributed by atoms with Crippen LogP contribution in [0.5, 0.6) is 0 Å². The normalized spacial score (nSPS) is 21.3. The minimum Gasteiger partial charge on any atom is -0.386 e. The Balaban J connectivity index is 1.37. The molecular formula is C34H60N7O17P3S. The fourth-order valence-corrected chi connectivity index (χ4v) is 9.59. The van der Waals surface area contributed by atoms with Crippen LogP contribution in [0.2, 0.25) is 0 Å². The van der Waals surface area contributed by atoms with Crippen molar-refractivity contribution in [2.24, 2.45) is 11.3 Å². The van der Waals surface area contributed by atoms with Gasteiger partial charge in [-0.1, -0.05) is 84.4 Å². The largest absolute Gasteiger partial charge is 0.481 e. The maximum absolute atomic E-state index is 12.7. The second kappa shape index (κ2) is 24.7. The molecule has 24 nitrogen and oxygen atoms in total. The Kier molecular flexibility index (Phi) is 21.5. The van der Waals surface area contributed by atoms with E-state index in [1.807, 2.05) is 0 Å². The molecule has 28 heteroatoms. The summed E-state index contributed by atoms with van der Waals surface area (Å²) in [6, 6.07) is 0. The number of hydrogen-bond donors (Lipinski definition) is 9. The van der Waals surface area contributed by atoms with Gasteiger partial charge in [0.15, 0.2) is 22.8 Å². The number of aromatic nitrogens is 4. The summed E-state index contributed by atoms with van der Waals surface area (Å²) in [5, 5.41) is 26.6. The number of carbonyl (C=O) groups excluding carboxylic acids is 3. The Bertz CT molecular complexity index is 1920. The van der Waals surface area contributed by atoms with E-state index < -0.39 is 84.6 Å². The number of nitrogens with two attached hydrogens (primary N) is 1. The van der Waals surface area contributed by atoms with Crippen LogP contribution in [0.4, 0.5) is 5.82 Å². The zero-order valence-electron chi connectivity index (χ0n) is 35.0. The fourth-order valence-electron chi connectivity index (χ4n) is 6.04. The number of fused-ring (bicyclic) bond motifs is 1. The number of unbranched alkanes of at least 4 members (excludes halogenated alkanes) is 5. The number of nitrogens with one attached hydrogen (secondary N) is 2. The molecule has 0 aliphatic carbocycles. The van der Waals surface area contributed by atoms with Crippen molar-refractivity contribution in [3.8, 4) is 0 Å². The molecule has 2 aromatic rings. The van der Waals surface area contributed by atoms with Gasteiger partial charge in [0.25, 0.3) is 0 Å². The summed E-state index contributed by atoms with van der Waals surface area (Å²) in [5.41, 5.74) is 4.28. The molecule has 3 heterocycles. The summed E-state index contributed by atoms with van der Waals surface area (Å²) >= 11 is 1.15. The van der Waals surface area contributed by atoms with Crippen molar-refractivity contribution >= 4 is 69.1 Å². The molecule has 0 saturated carbocycles. The molecule has 0 bridgehead atoms. The van der Waals surface area contributed by atoms with Crippen molar-refractivity contribution in [3.63, 3.8) is 0 Å². The lowest BCUT2D eigenvalue weighted by atomic mass is 9.87. The molecule has 2 amide bonds. The number of phosphoric ester groups is 3. The number of phosphoric acid groups is 3. The number of ether oxygens (including phenoxy) is 1. The number of carbonyl (C=O) groups is 3. The average molecular weight is 964 g/mol. The predicted molar refractivity (Wildman–Crippen MR) is 223 cm³/mol. The number of amides is 2. The van der Waals surface area contributed by atoms with Crippen molar-refractivity contribution in [2.75, 3.05) is 37.8 Å². The average Bonchev–Trinajstić information content (AvgIpc) is 3.75. The number of rotatable bonds is 29. The van der Waals surface area contributed by atoms with Crippen LogP contribution >= 0.6 is 35.2 Å². The molecule has 3 rings (SSSR count). The van der Waals surface area contributed by atoms with Crippen LogP contribution < -0.4 is 16.4 Å². The molecule has 2 aromatic heterocycles. The number of aliphatic hydroxyl groups excluding tert-OH is 2. The van der Waals surface area contributed by atoms with Crippen LogP contribution in [0.25, 0.3) is 11.2 Å². The van der Waals surface area contributed by atoms with Gasteiger partial charge in [-0.25, -0.2) is 28.6 Å². The molecule has 3 unspecified atom stereocenters. The number of aliphatic hydroxyl groups is 2. The minimum absolute atomic E-state index is 0.0331. The van der Waals surface area contributed by atoms with Gasteiger partial charge in [0.2, 0.25) is 11.8 Å². The summed E-state index contributed by atoms with van der Waals surface area (Å²) in [7, 11) is -16.4. The van der Waals surface area contributed by atoms with Crippen molar-refractivity contribution in [2.45, 2.75) is 123 Å². The molecule has 1 saturated heterocycles. The second-order valence-electron chi connectivity index (χ2n) is 15.5. The Morgan fingerprint density at radius 3 is 2.31 bits per heavy atom. The first-order valence-electron chi connectivity index (χ1n) is 20.0. The maximum Gasteiger partial charge on any atom is 0.481 e. The third kappa shape index (κ3) is 18.2. The van der Waals surface area contributed by atoms with Crippen LogP contribution in [0.3, 0.4) is 0 Å². The minimum atomic E-state index is -5.57. The number of hydrogen-bond acceptors (Lipinski definition) is 18. The lowest BCUT2D eigenvalue weighted by molar-refractivity contribution is -0.137. The van der Waals surface area contributed by atoms with Crippen molar-refractivity contribution in [3.05, 3.63) is 12.7 Å². The van der Waals surface area contributed by atoms with Crippen LogP contribution in [-0.2, 0) is 50.7 Å². The topological polar surface area (TPSA) is 364 Å². The van der Waals surface area contributed by atoms with Crippen LogP contribution in [0, 0.1) is 11.3 Å². The molecule has 1 aliphatic rings. The highest BCUT2D eigenvalue weighted by atomic mass is 32.2. The first-order chi connectivity index (χ1) is 28.9. The standard InChI is InChI=1S/C34H60N7O17P3S/c1-5-22(2)12-10-8-6-7-9-11-13-25(43)62-17-16-36-24(42)14-15-37-32(46)29(45)34(3,4)19-55-61(52,53)58-60(50,51)54-18-23-28(57-59(47,48)49)27(44)33(56-23)41-21-40-26-30(35)38-20-39-31(26)41/h20-23,27-29,33,44-45H,5-19H2,1-4H3,(H,36,42)(H,37,46)(H,50,51)(H,52,53)(H2,35,38,39)(H2,47,48,49)/t22?,23-,27-,28-,29+,33-/m1/s1. The van der Waals surface area contributed by atoms with Crippen molar-refractivity contribution in [1.82, 2.24) is 30.2 Å². The highest BCUT2D eigenvalue weighted by Gasteiger charge is 2.50. The smallest absolute Gasteiger partial charge is 0.386 e. The zero-order chi connectivity index (χ0) is 46.3. The first-order valence-corrected chi connectivity index (χ1v) is 25.5. The van der Waals surface area contributed by atoms with E-state index in [-0.39, 0.29) is 41.6 Å². The molecule has 62 heavy (non-hydrogen) atoms. The van der Waals surface area contributed by atoms with Gasteiger partial charge in [-0.15, -0.1) is 0 Å². The van der Waals surface area contributed by atoms with Gasteiger partial charge in [0, 0.05) is 37.1 Å². The lowest BCUT2D eigenvalue weighted by Crippen LogP contribution is -2.46. The van der Waals surface area contributed by atoms with Gasteiger partial charge in [0.05, 0.1) is 19.5 Å². The van der Waals surface area contributed by atoms with Gasteiger partial charge >= 0.3 is 23.5 Å². The number of thioether (sulfide) groups is 1. The lowest BCUT2D eigenvalue weighted by Gasteiger charge is -2.30. The van der Waals surface area contributed by atoms with Crippen molar-refractivity contribution in [1.29, 1.82) is 0 Å². The number of imidazole rings is 1. The van der Waals surface area contributed by atoms with E-state index >= 15 is 0 Å². The quantitative estimate of drug-likeness (QED) is 0.0418. The van der Waals surface area contributed by atoms with Crippen LogP contribution in [0.1, 0.15) is 98.1 Å². The SMILES string of the molecule is CCC(C)CCCCCCCCC(=O)SCCNC(=O)CCNC(=O)[C@H](O)C(C)(C)COP(=O)(O)OP(=O)(O)OC[C@H]1O[C@@H](n2cnc3c(N)ncnc32)[C@H](O)[C@@H]1OP(=O)(O)O. The van der Waals surface area contributed by atoms with Crippen LogP contribution in [-0.4, -0.2) is 123 Å². The molecule has 10 N–H and O–H groups in total. The van der Waals surface area contributed by atoms with E-state index in [0.717, 1.165) is 54.2 Å². The number of nitrogen functional groups attached to an aromatic ring is 1. The third-order valence-electron chi connectivity index (χ3n) is 9.79. The molecule has 1 aliphatic heterocycles. The first kappa shape index (κ1) is 53.9. The van der Waals surface area contributed by atoms with Gasteiger partial charge in [-0.2, -0.15) is 4.31 Å². The Morgan fingerprint density at radius 1 is 0.968 bits per heavy atom. The second-order valence-corrected chi connectivity index (χ2v) is 20.9. The summed E-state index contributed by atoms with van der Waals surface area (Å²) in [6.45, 7) is 5.05. The summed E-state index contributed by atoms with van der Waals surface area (Å²) in [4.78, 5) is 88.1. The summed E-state index contributed by atoms with van der Waals surface area (Å²) in [5.74, 6) is -0.256. The van der Waals surface area contributed by atoms with Crippen molar-refractivity contribution < 1.29 is 80.5 Å². The zero-order valence-corrected chi connectivity index (χ0v) is 38.5. The van der Waals surface area contributed by atoms with E-state index in [9.17, 15) is 57.9 Å². The maximum atomic E-state index is 12.7. The van der Waals surface area contributed by atoms with Gasteiger partial charge < -0.3 is 50.9 Å². The predicted octanol–water partition coefficient (Wildman–Crippen LogP) is 2.83. The summed E-state index contributed by atoms with van der Waals surface area (Å²) < 4.78 is 62.3. The van der Waals surface area contributed by atoms with Gasteiger partial charge in [-0.3, -0.25) is 32.5 Å². The fraction of sp³-hybridized carbons (Fsp3) is 0.765. The molecule has 0 radical (unpaired) electrons. The molecule has 8 atom stereocenters. The Hall–Kier alpha value is -2.44. The van der Waals surface area contributed by atoms with E-state index in [1.165, 1.54) is 46.0 Å². The molecule has 0 spiro atoms. The van der Waals surface area contributed by atoms with Gasteiger partial charge in [-0.05, 0) is 12.3 Å². The van der Waals surface area contributed by atoms with Gasteiger partial charge in [0.1, 0.15) is 36.3 Å². The molecule has 354 valence electrons. The van der Waals surface area contributed by atoms with Crippen LogP contribution in [0.15, 0.2) is 12.7 Å². The van der Waals surface area contributed by atoms with E-state index in [2.05, 4.69) is 48.3 Å². The van der Waals surface area contributed by atoms with E-state index in [4.69, 9.17) is 19.5 Å². The Morgan fingerprint density at radius 2 is 1.63 bits per heavy atom.